The third kappa shape index (κ3) is 3.23. The van der Waals surface area contributed by atoms with Crippen molar-refractivity contribution in [1.29, 1.82) is 0 Å². The molecule has 4 saturated carbocycles. The molecule has 0 saturated heterocycles. The van der Waals surface area contributed by atoms with Crippen LogP contribution in [0.2, 0.25) is 0 Å². The van der Waals surface area contributed by atoms with E-state index in [2.05, 4.69) is 13.5 Å². The van der Waals surface area contributed by atoms with Gasteiger partial charge in [0.15, 0.2) is 0 Å². The lowest BCUT2D eigenvalue weighted by molar-refractivity contribution is -0.224. The molecule has 4 aliphatic carbocycles. The Balaban J connectivity index is 1.83. The van der Waals surface area contributed by atoms with Crippen LogP contribution < -0.4 is 0 Å². The molecular formula is C27H38O6. The summed E-state index contributed by atoms with van der Waals surface area (Å²) in [6.07, 6.45) is 6.39. The van der Waals surface area contributed by atoms with Crippen molar-refractivity contribution in [2.45, 2.75) is 91.8 Å². The minimum absolute atomic E-state index is 0.0314. The van der Waals surface area contributed by atoms with Crippen LogP contribution in [0.5, 0.6) is 0 Å². The number of carboxylic acid groups (broad SMARTS) is 1. The minimum Gasteiger partial charge on any atom is -0.481 e. The first-order valence-electron chi connectivity index (χ1n) is 12.4. The van der Waals surface area contributed by atoms with Crippen molar-refractivity contribution in [2.24, 2.45) is 34.0 Å². The van der Waals surface area contributed by atoms with Crippen LogP contribution in [0, 0.1) is 34.0 Å². The smallest absolute Gasteiger partial charge is 0.333 e. The molecule has 6 heteroatoms. The van der Waals surface area contributed by atoms with E-state index in [1.54, 1.807) is 13.0 Å². The highest BCUT2D eigenvalue weighted by Crippen LogP contribution is 2.73. The molecule has 0 aromatic heterocycles. The molecule has 4 fully saturated rings. The second-order valence-electron chi connectivity index (χ2n) is 11.4. The Labute approximate surface area is 196 Å². The summed E-state index contributed by atoms with van der Waals surface area (Å²) in [7, 11) is 0. The highest BCUT2D eigenvalue weighted by molar-refractivity contribution is 5.88. The number of rotatable bonds is 4. The maximum atomic E-state index is 12.9. The number of hydrogen-bond acceptors (Lipinski definition) is 5. The molecule has 6 nitrogen and oxygen atoms in total. The average molecular weight is 459 g/mol. The van der Waals surface area contributed by atoms with Crippen LogP contribution in [0.25, 0.3) is 0 Å². The fraction of sp³-hybridized carbons (Fsp3) is 0.741. The van der Waals surface area contributed by atoms with Gasteiger partial charge in [0.2, 0.25) is 0 Å². The molecule has 4 rings (SSSR count). The molecule has 182 valence electrons. The fourth-order valence-corrected chi connectivity index (χ4v) is 8.48. The topological polar surface area (TPSA) is 89.9 Å². The molecular weight excluding hydrogens is 420 g/mol. The monoisotopic (exact) mass is 458 g/mol. The molecule has 0 unspecified atom stereocenters. The van der Waals surface area contributed by atoms with Crippen LogP contribution >= 0.6 is 0 Å². The maximum Gasteiger partial charge on any atom is 0.333 e. The number of carbonyl (C=O) groups is 3. The summed E-state index contributed by atoms with van der Waals surface area (Å²) in [4.78, 5) is 37.5. The number of fused-ring (bicyclic) bond motifs is 3. The van der Waals surface area contributed by atoms with Gasteiger partial charge in [-0.2, -0.15) is 0 Å². The number of ether oxygens (including phenoxy) is 2. The van der Waals surface area contributed by atoms with E-state index in [0.717, 1.165) is 31.3 Å². The number of esters is 2. The number of allylic oxidation sites excluding steroid dienone is 1. The third-order valence-corrected chi connectivity index (χ3v) is 10.0. The van der Waals surface area contributed by atoms with Gasteiger partial charge in [-0.1, -0.05) is 26.0 Å². The SMILES string of the molecule is C=C1[C@H]2CC[C@@H]3[C@]4(C)CCC[C@@](C)(C(=O)O)[C@@H]4CC[C@@]3([C@@H]1OC(=O)/C(C)=C\C)[C@H]2OC(C)=O. The van der Waals surface area contributed by atoms with E-state index >= 15 is 0 Å². The van der Waals surface area contributed by atoms with Gasteiger partial charge in [0.25, 0.3) is 0 Å². The van der Waals surface area contributed by atoms with Crippen LogP contribution in [0.1, 0.15) is 79.6 Å². The quantitative estimate of drug-likeness (QED) is 0.359. The molecule has 8 atom stereocenters. The molecule has 0 aromatic carbocycles. The zero-order valence-corrected chi connectivity index (χ0v) is 20.6. The molecule has 33 heavy (non-hydrogen) atoms. The Kier molecular flexibility index (Phi) is 5.82. The lowest BCUT2D eigenvalue weighted by Gasteiger charge is -2.64. The van der Waals surface area contributed by atoms with Gasteiger partial charge in [-0.3, -0.25) is 9.59 Å². The van der Waals surface area contributed by atoms with Crippen LogP contribution in [-0.4, -0.2) is 35.2 Å². The highest BCUT2D eigenvalue weighted by Gasteiger charge is 2.73. The lowest BCUT2D eigenvalue weighted by Crippen LogP contribution is -2.64. The van der Waals surface area contributed by atoms with Gasteiger partial charge in [-0.05, 0) is 82.1 Å². The van der Waals surface area contributed by atoms with E-state index in [9.17, 15) is 19.5 Å². The number of carbonyl (C=O) groups excluding carboxylic acids is 2. The van der Waals surface area contributed by atoms with E-state index in [1.165, 1.54) is 6.92 Å². The van der Waals surface area contributed by atoms with Gasteiger partial charge in [0, 0.05) is 18.4 Å². The molecule has 0 amide bonds. The Morgan fingerprint density at radius 3 is 2.33 bits per heavy atom. The first-order chi connectivity index (χ1) is 15.4. The summed E-state index contributed by atoms with van der Waals surface area (Å²) >= 11 is 0. The lowest BCUT2D eigenvalue weighted by atomic mass is 9.40. The zero-order valence-electron chi connectivity index (χ0n) is 20.6. The first kappa shape index (κ1) is 24.0. The van der Waals surface area contributed by atoms with Gasteiger partial charge < -0.3 is 14.6 Å². The van der Waals surface area contributed by atoms with Crippen molar-refractivity contribution < 1.29 is 29.0 Å². The van der Waals surface area contributed by atoms with Crippen LogP contribution in [0.15, 0.2) is 23.8 Å². The van der Waals surface area contributed by atoms with Crippen molar-refractivity contribution in [1.82, 2.24) is 0 Å². The van der Waals surface area contributed by atoms with E-state index in [-0.39, 0.29) is 41.2 Å². The largest absolute Gasteiger partial charge is 0.481 e. The summed E-state index contributed by atoms with van der Waals surface area (Å²) in [5.74, 6) is -1.33. The Morgan fingerprint density at radius 1 is 1.03 bits per heavy atom. The molecule has 2 bridgehead atoms. The summed E-state index contributed by atoms with van der Waals surface area (Å²) in [5.41, 5.74) is -0.182. The van der Waals surface area contributed by atoms with Gasteiger partial charge >= 0.3 is 17.9 Å². The van der Waals surface area contributed by atoms with Gasteiger partial charge in [-0.25, -0.2) is 4.79 Å². The molecule has 0 aromatic rings. The van der Waals surface area contributed by atoms with Crippen LogP contribution in [-0.2, 0) is 23.9 Å². The van der Waals surface area contributed by atoms with Crippen molar-refractivity contribution in [2.75, 3.05) is 0 Å². The summed E-state index contributed by atoms with van der Waals surface area (Å²) < 4.78 is 12.2. The van der Waals surface area contributed by atoms with Crippen molar-refractivity contribution in [3.63, 3.8) is 0 Å². The molecule has 4 aliphatic rings. The third-order valence-electron chi connectivity index (χ3n) is 10.0. The van der Waals surface area contributed by atoms with Crippen molar-refractivity contribution >= 4 is 17.9 Å². The number of aliphatic carboxylic acids is 1. The second-order valence-corrected chi connectivity index (χ2v) is 11.4. The Morgan fingerprint density at radius 2 is 1.73 bits per heavy atom. The standard InChI is InChI=1S/C27H38O6/c1-7-15(2)23(29)33-21-16(3)18-9-10-20-25(5)12-8-13-26(6,24(30)31)19(25)11-14-27(20,21)22(18)32-17(4)28/h7,18-22H,3,8-14H2,1-2,4-6H3,(H,30,31)/b15-7-/t18-,19-,20-,21-,22+,25-,26-,27-/m1/s1. The Bertz CT molecular complexity index is 920. The normalized spacial score (nSPS) is 44.5. The van der Waals surface area contributed by atoms with E-state index in [4.69, 9.17) is 9.47 Å². The van der Waals surface area contributed by atoms with Gasteiger partial charge in [-0.15, -0.1) is 0 Å². The minimum atomic E-state index is -0.772. The summed E-state index contributed by atoms with van der Waals surface area (Å²) in [6, 6.07) is 0. The molecule has 0 aliphatic heterocycles. The maximum absolute atomic E-state index is 12.9. The predicted octanol–water partition coefficient (Wildman–Crippen LogP) is 5.07. The summed E-state index contributed by atoms with van der Waals surface area (Å²) in [5, 5.41) is 10.2. The molecule has 1 spiro atoms. The predicted molar refractivity (Wildman–Crippen MR) is 123 cm³/mol. The molecule has 0 radical (unpaired) electrons. The summed E-state index contributed by atoms with van der Waals surface area (Å²) in [6.45, 7) is 13.5. The van der Waals surface area contributed by atoms with Crippen LogP contribution in [0.3, 0.4) is 0 Å². The number of carboxylic acids is 1. The van der Waals surface area contributed by atoms with Crippen LogP contribution in [0.4, 0.5) is 0 Å². The van der Waals surface area contributed by atoms with E-state index < -0.39 is 22.9 Å². The van der Waals surface area contributed by atoms with Crippen molar-refractivity contribution in [3.8, 4) is 0 Å². The first-order valence-corrected chi connectivity index (χ1v) is 12.4. The Hall–Kier alpha value is -2.11. The second kappa shape index (κ2) is 7.99. The molecule has 0 heterocycles. The molecule has 1 N–H and O–H groups in total. The fourth-order valence-electron chi connectivity index (χ4n) is 8.48. The number of hydrogen-bond donors (Lipinski definition) is 1. The zero-order chi connectivity index (χ0) is 24.3. The van der Waals surface area contributed by atoms with E-state index in [1.807, 2.05) is 13.8 Å². The average Bonchev–Trinajstić information content (AvgIpc) is 2.86. The van der Waals surface area contributed by atoms with E-state index in [0.29, 0.717) is 24.8 Å². The van der Waals surface area contributed by atoms with Gasteiger partial charge in [0.05, 0.1) is 10.8 Å². The van der Waals surface area contributed by atoms with Gasteiger partial charge in [0.1, 0.15) is 12.2 Å². The van der Waals surface area contributed by atoms with Crippen molar-refractivity contribution in [3.05, 3.63) is 23.8 Å². The highest BCUT2D eigenvalue weighted by atomic mass is 16.6.